The minimum Gasteiger partial charge on any atom is -0.437 e. The fourth-order valence-electron chi connectivity index (χ4n) is 2.23. The van der Waals surface area contributed by atoms with E-state index < -0.39 is 0 Å². The summed E-state index contributed by atoms with van der Waals surface area (Å²) in [5.74, 6) is 1.72. The molecule has 0 aliphatic carbocycles. The molecule has 2 unspecified atom stereocenters. The van der Waals surface area contributed by atoms with Crippen molar-refractivity contribution in [2.75, 3.05) is 25.1 Å². The molecule has 1 saturated heterocycles. The Morgan fingerprint density at radius 3 is 2.88 bits per heavy atom. The number of furan rings is 1. The first-order valence-electron chi connectivity index (χ1n) is 6.00. The Morgan fingerprint density at radius 1 is 1.53 bits per heavy atom. The van der Waals surface area contributed by atoms with E-state index in [2.05, 4.69) is 11.8 Å². The third-order valence-electron chi connectivity index (χ3n) is 3.44. The smallest absolute Gasteiger partial charge is 0.196 e. The van der Waals surface area contributed by atoms with E-state index in [1.807, 2.05) is 6.07 Å². The Bertz CT molecular complexity index is 399. The number of Topliss-reactive ketones (excluding diaryl/α,β-unsaturated/α-hetero) is 1. The topological polar surface area (TPSA) is 42.7 Å². The molecule has 0 radical (unpaired) electrons. The lowest BCUT2D eigenvalue weighted by molar-refractivity contribution is 0.0488. The summed E-state index contributed by atoms with van der Waals surface area (Å²) in [6, 6.07) is 3.59. The lowest BCUT2D eigenvalue weighted by Crippen LogP contribution is -2.43. The predicted octanol–water partition coefficient (Wildman–Crippen LogP) is 2.34. The van der Waals surface area contributed by atoms with Gasteiger partial charge in [0.15, 0.2) is 17.4 Å². The number of ether oxygens (including phenoxy) is 1. The highest BCUT2D eigenvalue weighted by Gasteiger charge is 2.27. The van der Waals surface area contributed by atoms with Crippen LogP contribution in [0.5, 0.6) is 0 Å². The second-order valence-electron chi connectivity index (χ2n) is 4.68. The van der Waals surface area contributed by atoms with Crippen LogP contribution in [-0.4, -0.2) is 32.1 Å². The van der Waals surface area contributed by atoms with Crippen molar-refractivity contribution >= 4 is 11.7 Å². The van der Waals surface area contributed by atoms with Gasteiger partial charge in [0.1, 0.15) is 0 Å². The van der Waals surface area contributed by atoms with Gasteiger partial charge in [-0.15, -0.1) is 0 Å². The summed E-state index contributed by atoms with van der Waals surface area (Å²) in [7, 11) is 1.74. The number of ketones is 1. The zero-order chi connectivity index (χ0) is 12.4. The summed E-state index contributed by atoms with van der Waals surface area (Å²) in [6.07, 6.45) is 1.31. The fraction of sp³-hybridized carbons (Fsp3) is 0.615. The molecular formula is C13H19NO3. The molecule has 1 aliphatic heterocycles. The maximum atomic E-state index is 11.2. The van der Waals surface area contributed by atoms with Crippen LogP contribution in [0.4, 0.5) is 5.88 Å². The Balaban J connectivity index is 2.09. The average molecular weight is 237 g/mol. The maximum Gasteiger partial charge on any atom is 0.196 e. The zero-order valence-electron chi connectivity index (χ0n) is 10.6. The van der Waals surface area contributed by atoms with Crippen LogP contribution < -0.4 is 4.90 Å². The van der Waals surface area contributed by atoms with Gasteiger partial charge in [-0.05, 0) is 18.4 Å². The standard InChI is InChI=1S/C13H19NO3/c1-9-6-7-14(8-12(9)16-3)13-5-4-11(17-13)10(2)15/h4-5,9,12H,6-8H2,1-3H3. The summed E-state index contributed by atoms with van der Waals surface area (Å²) < 4.78 is 11.0. The normalized spacial score (nSPS) is 25.0. The second kappa shape index (κ2) is 4.92. The van der Waals surface area contributed by atoms with Gasteiger partial charge in [0, 0.05) is 33.2 Å². The van der Waals surface area contributed by atoms with Crippen molar-refractivity contribution in [3.8, 4) is 0 Å². The van der Waals surface area contributed by atoms with Crippen LogP contribution in [0.1, 0.15) is 30.8 Å². The van der Waals surface area contributed by atoms with Crippen LogP contribution in [0.25, 0.3) is 0 Å². The predicted molar refractivity (Wildman–Crippen MR) is 65.5 cm³/mol. The fourth-order valence-corrected chi connectivity index (χ4v) is 2.23. The zero-order valence-corrected chi connectivity index (χ0v) is 10.6. The lowest BCUT2D eigenvalue weighted by Gasteiger charge is -2.36. The van der Waals surface area contributed by atoms with Gasteiger partial charge in [-0.25, -0.2) is 0 Å². The molecule has 0 aromatic carbocycles. The highest BCUT2D eigenvalue weighted by molar-refractivity contribution is 5.91. The summed E-state index contributed by atoms with van der Waals surface area (Å²) >= 11 is 0. The van der Waals surface area contributed by atoms with Gasteiger partial charge in [-0.1, -0.05) is 6.92 Å². The summed E-state index contributed by atoms with van der Waals surface area (Å²) in [6.45, 7) is 5.49. The van der Waals surface area contributed by atoms with E-state index in [-0.39, 0.29) is 11.9 Å². The van der Waals surface area contributed by atoms with Crippen molar-refractivity contribution in [2.45, 2.75) is 26.4 Å². The lowest BCUT2D eigenvalue weighted by atomic mass is 9.96. The average Bonchev–Trinajstić information content (AvgIpc) is 2.79. The highest BCUT2D eigenvalue weighted by atomic mass is 16.5. The maximum absolute atomic E-state index is 11.2. The third-order valence-corrected chi connectivity index (χ3v) is 3.44. The molecule has 0 N–H and O–H groups in total. The molecule has 1 aliphatic rings. The molecule has 2 atom stereocenters. The largest absolute Gasteiger partial charge is 0.437 e. The number of hydrogen-bond acceptors (Lipinski definition) is 4. The molecule has 4 nitrogen and oxygen atoms in total. The molecule has 2 heterocycles. The highest BCUT2D eigenvalue weighted by Crippen LogP contribution is 2.26. The number of hydrogen-bond donors (Lipinski definition) is 0. The van der Waals surface area contributed by atoms with E-state index in [1.165, 1.54) is 6.92 Å². The van der Waals surface area contributed by atoms with Gasteiger partial charge in [0.2, 0.25) is 0 Å². The quantitative estimate of drug-likeness (QED) is 0.757. The minimum absolute atomic E-state index is 0.0371. The van der Waals surface area contributed by atoms with Gasteiger partial charge < -0.3 is 14.1 Å². The number of methoxy groups -OCH3 is 1. The van der Waals surface area contributed by atoms with Gasteiger partial charge in [-0.3, -0.25) is 4.79 Å². The Labute approximate surface area is 102 Å². The van der Waals surface area contributed by atoms with Crippen molar-refractivity contribution < 1.29 is 13.9 Å². The van der Waals surface area contributed by atoms with Crippen LogP contribution in [0.15, 0.2) is 16.5 Å². The molecule has 17 heavy (non-hydrogen) atoms. The number of carbonyl (C=O) groups excluding carboxylic acids is 1. The van der Waals surface area contributed by atoms with Crippen LogP contribution >= 0.6 is 0 Å². The molecule has 0 bridgehead atoms. The molecule has 0 saturated carbocycles. The summed E-state index contributed by atoms with van der Waals surface area (Å²) in [5, 5.41) is 0. The van der Waals surface area contributed by atoms with Gasteiger partial charge >= 0.3 is 0 Å². The SMILES string of the molecule is COC1CN(c2ccc(C(C)=O)o2)CCC1C. The van der Waals surface area contributed by atoms with Gasteiger partial charge in [0.25, 0.3) is 0 Å². The van der Waals surface area contributed by atoms with Crippen LogP contribution in [0.3, 0.4) is 0 Å². The van der Waals surface area contributed by atoms with E-state index in [0.29, 0.717) is 11.7 Å². The first-order valence-corrected chi connectivity index (χ1v) is 6.00. The molecule has 0 amide bonds. The molecule has 1 fully saturated rings. The van der Waals surface area contributed by atoms with Crippen LogP contribution in [-0.2, 0) is 4.74 Å². The first kappa shape index (κ1) is 12.2. The molecular weight excluding hydrogens is 218 g/mol. The number of rotatable bonds is 3. The number of nitrogens with zero attached hydrogens (tertiary/aromatic N) is 1. The van der Waals surface area contributed by atoms with Crippen molar-refractivity contribution in [1.82, 2.24) is 0 Å². The monoisotopic (exact) mass is 237 g/mol. The molecule has 1 aromatic rings. The Morgan fingerprint density at radius 2 is 2.29 bits per heavy atom. The first-order chi connectivity index (χ1) is 8.11. The number of anilines is 1. The minimum atomic E-state index is -0.0371. The van der Waals surface area contributed by atoms with Crippen molar-refractivity contribution in [1.29, 1.82) is 0 Å². The third kappa shape index (κ3) is 2.52. The van der Waals surface area contributed by atoms with E-state index in [4.69, 9.17) is 9.15 Å². The van der Waals surface area contributed by atoms with E-state index in [0.717, 1.165) is 25.4 Å². The van der Waals surface area contributed by atoms with Crippen LogP contribution in [0, 0.1) is 5.92 Å². The molecule has 94 valence electrons. The molecule has 4 heteroatoms. The van der Waals surface area contributed by atoms with Gasteiger partial charge in [-0.2, -0.15) is 0 Å². The van der Waals surface area contributed by atoms with Gasteiger partial charge in [0.05, 0.1) is 6.10 Å². The molecule has 0 spiro atoms. The summed E-state index contributed by atoms with van der Waals surface area (Å²) in [5.41, 5.74) is 0. The van der Waals surface area contributed by atoms with Crippen molar-refractivity contribution in [2.24, 2.45) is 5.92 Å². The number of piperidine rings is 1. The Hall–Kier alpha value is -1.29. The van der Waals surface area contributed by atoms with Crippen molar-refractivity contribution in [3.63, 3.8) is 0 Å². The van der Waals surface area contributed by atoms with E-state index in [1.54, 1.807) is 13.2 Å². The van der Waals surface area contributed by atoms with E-state index >= 15 is 0 Å². The second-order valence-corrected chi connectivity index (χ2v) is 4.68. The molecule has 1 aromatic heterocycles. The summed E-state index contributed by atoms with van der Waals surface area (Å²) in [4.78, 5) is 13.3. The molecule has 2 rings (SSSR count). The number of carbonyl (C=O) groups is 1. The van der Waals surface area contributed by atoms with E-state index in [9.17, 15) is 4.79 Å². The van der Waals surface area contributed by atoms with Crippen molar-refractivity contribution in [3.05, 3.63) is 17.9 Å². The van der Waals surface area contributed by atoms with Crippen LogP contribution in [0.2, 0.25) is 0 Å². The Kier molecular flexibility index (Phi) is 3.52.